The molecule has 0 unspecified atom stereocenters. The van der Waals surface area contributed by atoms with Gasteiger partial charge in [-0.2, -0.15) is 0 Å². The lowest BCUT2D eigenvalue weighted by Gasteiger charge is -2.35. The van der Waals surface area contributed by atoms with Crippen LogP contribution in [-0.4, -0.2) is 38.8 Å². The van der Waals surface area contributed by atoms with E-state index < -0.39 is 0 Å². The highest BCUT2D eigenvalue weighted by molar-refractivity contribution is 6.16. The lowest BCUT2D eigenvalue weighted by molar-refractivity contribution is 0.213. The Bertz CT molecular complexity index is 965. The van der Waals surface area contributed by atoms with Crippen molar-refractivity contribution < 1.29 is 14.3 Å². The topological polar surface area (TPSA) is 52.4 Å². The Hall–Kier alpha value is -2.82. The van der Waals surface area contributed by atoms with Crippen LogP contribution < -0.4 is 9.47 Å². The molecule has 4 rings (SSSR count). The van der Waals surface area contributed by atoms with Gasteiger partial charge in [0.05, 0.1) is 31.7 Å². The molecule has 0 aromatic heterocycles. The van der Waals surface area contributed by atoms with Crippen molar-refractivity contribution in [3.05, 3.63) is 58.7 Å². The second kappa shape index (κ2) is 8.27. The Morgan fingerprint density at radius 2 is 1.76 bits per heavy atom. The summed E-state index contributed by atoms with van der Waals surface area (Å²) in [6.45, 7) is 1.95. The van der Waals surface area contributed by atoms with Gasteiger partial charge in [-0.1, -0.05) is 36.2 Å². The molecule has 0 spiro atoms. The number of nitrogens with zero attached hydrogens (tertiary/aromatic N) is 2. The monoisotopic (exact) mass is 392 g/mol. The molecule has 2 aromatic rings. The molecule has 1 aliphatic heterocycles. The largest absolute Gasteiger partial charge is 0.493 e. The van der Waals surface area contributed by atoms with E-state index in [2.05, 4.69) is 35.5 Å². The maximum absolute atomic E-state index is 5.61. The average Bonchev–Trinajstić information content (AvgIpc) is 2.77. The lowest BCUT2D eigenvalue weighted by Crippen LogP contribution is -2.29. The fourth-order valence-electron chi connectivity index (χ4n) is 4.58. The van der Waals surface area contributed by atoms with E-state index in [1.165, 1.54) is 24.8 Å². The third-order valence-corrected chi connectivity index (χ3v) is 6.02. The highest BCUT2D eigenvalue weighted by atomic mass is 16.6. The van der Waals surface area contributed by atoms with E-state index in [1.807, 2.05) is 13.0 Å². The van der Waals surface area contributed by atoms with Gasteiger partial charge in [-0.3, -0.25) is 4.99 Å². The molecule has 0 N–H and O–H groups in total. The highest BCUT2D eigenvalue weighted by Gasteiger charge is 2.34. The van der Waals surface area contributed by atoms with E-state index >= 15 is 0 Å². The lowest BCUT2D eigenvalue weighted by atomic mass is 9.75. The molecule has 152 valence electrons. The van der Waals surface area contributed by atoms with Crippen LogP contribution in [0.1, 0.15) is 60.8 Å². The van der Waals surface area contributed by atoms with E-state index in [1.54, 1.807) is 21.3 Å². The van der Waals surface area contributed by atoms with Crippen molar-refractivity contribution in [2.24, 2.45) is 10.1 Å². The summed E-state index contributed by atoms with van der Waals surface area (Å²) in [6.07, 6.45) is 4.79. The fourth-order valence-corrected chi connectivity index (χ4v) is 4.58. The van der Waals surface area contributed by atoms with Crippen LogP contribution in [0.5, 0.6) is 11.5 Å². The second-order valence-electron chi connectivity index (χ2n) is 7.67. The number of benzene rings is 2. The van der Waals surface area contributed by atoms with Gasteiger partial charge in [0, 0.05) is 17.0 Å². The highest BCUT2D eigenvalue weighted by Crippen LogP contribution is 2.44. The standard InChI is InChI=1S/C24H28N2O3/c1-15(26-29-4)16-8-7-9-17(12-16)24-20-14-23(28-3)22(27-2)13-19(20)18-10-5-6-11-21(18)25-24/h7-9,12-14,18,21H,5-6,10-11H2,1-4H3/b26-15+/t18-,21-/m1/s1. The van der Waals surface area contributed by atoms with Crippen LogP contribution in [0, 0.1) is 0 Å². The first-order valence-electron chi connectivity index (χ1n) is 10.2. The van der Waals surface area contributed by atoms with Crippen LogP contribution >= 0.6 is 0 Å². The zero-order valence-electron chi connectivity index (χ0n) is 17.6. The van der Waals surface area contributed by atoms with Gasteiger partial charge in [0.15, 0.2) is 11.5 Å². The number of fused-ring (bicyclic) bond motifs is 3. The molecule has 5 nitrogen and oxygen atoms in total. The van der Waals surface area contributed by atoms with Gasteiger partial charge >= 0.3 is 0 Å². The zero-order valence-corrected chi connectivity index (χ0v) is 17.6. The van der Waals surface area contributed by atoms with Gasteiger partial charge in [-0.25, -0.2) is 0 Å². The molecule has 0 amide bonds. The summed E-state index contributed by atoms with van der Waals surface area (Å²) in [5, 5.41) is 4.08. The number of oxime groups is 1. The summed E-state index contributed by atoms with van der Waals surface area (Å²) < 4.78 is 11.2. The molecule has 1 fully saturated rings. The van der Waals surface area contributed by atoms with Gasteiger partial charge in [0.25, 0.3) is 0 Å². The first kappa shape index (κ1) is 19.5. The van der Waals surface area contributed by atoms with E-state index in [4.69, 9.17) is 19.3 Å². The van der Waals surface area contributed by atoms with Crippen LogP contribution in [0.15, 0.2) is 46.5 Å². The second-order valence-corrected chi connectivity index (χ2v) is 7.67. The van der Waals surface area contributed by atoms with Crippen molar-refractivity contribution >= 4 is 11.4 Å². The van der Waals surface area contributed by atoms with Gasteiger partial charge in [-0.15, -0.1) is 0 Å². The first-order valence-corrected chi connectivity index (χ1v) is 10.2. The van der Waals surface area contributed by atoms with Crippen molar-refractivity contribution in [3.63, 3.8) is 0 Å². The Balaban J connectivity index is 1.87. The number of rotatable bonds is 5. The van der Waals surface area contributed by atoms with Gasteiger partial charge in [0.2, 0.25) is 0 Å². The normalized spacial score (nSPS) is 21.0. The van der Waals surface area contributed by atoms with Crippen molar-refractivity contribution in [2.75, 3.05) is 21.3 Å². The van der Waals surface area contributed by atoms with E-state index in [9.17, 15) is 0 Å². The van der Waals surface area contributed by atoms with Crippen LogP contribution in [0.25, 0.3) is 0 Å². The number of aliphatic imine (C=N–C) groups is 1. The molecule has 29 heavy (non-hydrogen) atoms. The first-order chi connectivity index (χ1) is 14.2. The predicted octanol–water partition coefficient (Wildman–Crippen LogP) is 4.95. The number of hydrogen-bond acceptors (Lipinski definition) is 5. The quantitative estimate of drug-likeness (QED) is 0.534. The molecule has 1 aliphatic carbocycles. The minimum Gasteiger partial charge on any atom is -0.493 e. The van der Waals surface area contributed by atoms with Gasteiger partial charge in [-0.05, 0) is 49.1 Å². The smallest absolute Gasteiger partial charge is 0.161 e. The van der Waals surface area contributed by atoms with Crippen LogP contribution in [0.2, 0.25) is 0 Å². The molecule has 0 radical (unpaired) electrons. The SMILES string of the molecule is CO/N=C(\C)c1cccc(C2=N[C@@H]3CCCC[C@@H]3c3cc(OC)c(OC)cc32)c1. The molecule has 5 heteroatoms. The molecule has 1 heterocycles. The van der Waals surface area contributed by atoms with Crippen LogP contribution in [0.4, 0.5) is 0 Å². The molecule has 2 atom stereocenters. The molecular weight excluding hydrogens is 364 g/mol. The molecule has 2 aliphatic rings. The van der Waals surface area contributed by atoms with Crippen LogP contribution in [-0.2, 0) is 4.84 Å². The zero-order chi connectivity index (χ0) is 20.4. The van der Waals surface area contributed by atoms with Crippen molar-refractivity contribution in [3.8, 4) is 11.5 Å². The van der Waals surface area contributed by atoms with E-state index in [-0.39, 0.29) is 0 Å². The number of methoxy groups -OCH3 is 2. The summed E-state index contributed by atoms with van der Waals surface area (Å²) in [4.78, 5) is 10.2. The summed E-state index contributed by atoms with van der Waals surface area (Å²) in [5.74, 6) is 1.97. The molecular formula is C24H28N2O3. The Morgan fingerprint density at radius 3 is 2.52 bits per heavy atom. The van der Waals surface area contributed by atoms with Crippen molar-refractivity contribution in [2.45, 2.75) is 44.6 Å². The number of hydrogen-bond donors (Lipinski definition) is 0. The Labute approximate surface area is 172 Å². The minimum atomic E-state index is 0.321. The van der Waals surface area contributed by atoms with Crippen molar-refractivity contribution in [1.82, 2.24) is 0 Å². The number of ether oxygens (including phenoxy) is 2. The summed E-state index contributed by atoms with van der Waals surface area (Å²) in [7, 11) is 4.94. The van der Waals surface area contributed by atoms with Gasteiger partial charge < -0.3 is 14.3 Å². The summed E-state index contributed by atoms with van der Waals surface area (Å²) >= 11 is 0. The average molecular weight is 392 g/mol. The molecule has 0 bridgehead atoms. The van der Waals surface area contributed by atoms with Crippen molar-refractivity contribution in [1.29, 1.82) is 0 Å². The third-order valence-electron chi connectivity index (χ3n) is 6.02. The maximum Gasteiger partial charge on any atom is 0.161 e. The van der Waals surface area contributed by atoms with E-state index in [0.717, 1.165) is 46.0 Å². The summed E-state index contributed by atoms with van der Waals surface area (Å²) in [6, 6.07) is 12.9. The molecule has 0 saturated heterocycles. The predicted molar refractivity (Wildman–Crippen MR) is 116 cm³/mol. The minimum absolute atomic E-state index is 0.321. The fraction of sp³-hybridized carbons (Fsp3) is 0.417. The Morgan fingerprint density at radius 1 is 1.00 bits per heavy atom. The molecule has 2 aromatic carbocycles. The van der Waals surface area contributed by atoms with E-state index in [0.29, 0.717) is 12.0 Å². The summed E-state index contributed by atoms with van der Waals surface area (Å²) in [5.41, 5.74) is 6.45. The Kier molecular flexibility index (Phi) is 5.56. The third kappa shape index (κ3) is 3.61. The van der Waals surface area contributed by atoms with Gasteiger partial charge in [0.1, 0.15) is 7.11 Å². The van der Waals surface area contributed by atoms with Crippen LogP contribution in [0.3, 0.4) is 0 Å². The molecule has 1 saturated carbocycles. The maximum atomic E-state index is 5.61.